The first-order chi connectivity index (χ1) is 13.7. The molecule has 0 radical (unpaired) electrons. The fraction of sp³-hybridized carbons (Fsp3) is 0.120. The highest BCUT2D eigenvalue weighted by molar-refractivity contribution is 9.10. The van der Waals surface area contributed by atoms with Gasteiger partial charge in [0.15, 0.2) is 0 Å². The summed E-state index contributed by atoms with van der Waals surface area (Å²) in [6, 6.07) is 25.7. The summed E-state index contributed by atoms with van der Waals surface area (Å²) in [6.07, 6.45) is 9.32. The molecule has 0 saturated carbocycles. The van der Waals surface area contributed by atoms with Crippen molar-refractivity contribution in [2.75, 3.05) is 4.90 Å². The van der Waals surface area contributed by atoms with Gasteiger partial charge in [-0.25, -0.2) is 0 Å². The molecule has 0 aromatic heterocycles. The first-order valence-electron chi connectivity index (χ1n) is 9.35. The Kier molecular flexibility index (Phi) is 7.70. The van der Waals surface area contributed by atoms with Gasteiger partial charge in [0.25, 0.3) is 0 Å². The number of rotatable bonds is 8. The third-order valence-electron chi connectivity index (χ3n) is 4.47. The van der Waals surface area contributed by atoms with Gasteiger partial charge in [0.2, 0.25) is 0 Å². The summed E-state index contributed by atoms with van der Waals surface area (Å²) < 4.78 is 2.15. The molecule has 0 saturated heterocycles. The third kappa shape index (κ3) is 5.70. The van der Waals surface area contributed by atoms with Crippen LogP contribution in [-0.2, 0) is 6.42 Å². The summed E-state index contributed by atoms with van der Waals surface area (Å²) in [4.78, 5) is 2.27. The molecule has 0 amide bonds. The van der Waals surface area contributed by atoms with Crippen LogP contribution in [0.5, 0.6) is 0 Å². The molecule has 0 unspecified atom stereocenters. The maximum absolute atomic E-state index is 3.71. The molecule has 3 aromatic rings. The zero-order chi connectivity index (χ0) is 19.8. The van der Waals surface area contributed by atoms with Crippen molar-refractivity contribution in [1.82, 2.24) is 0 Å². The SMILES string of the molecule is C=C/C=C/CCCc1ccc(N(c2ccc(Br)cc2)c2ccc(Br)cc2)cc1. The van der Waals surface area contributed by atoms with E-state index in [9.17, 15) is 0 Å². The predicted molar refractivity (Wildman–Crippen MR) is 129 cm³/mol. The van der Waals surface area contributed by atoms with E-state index in [1.54, 1.807) is 0 Å². The molecule has 0 fully saturated rings. The zero-order valence-electron chi connectivity index (χ0n) is 15.7. The van der Waals surface area contributed by atoms with Gasteiger partial charge in [-0.3, -0.25) is 0 Å². The van der Waals surface area contributed by atoms with Crippen LogP contribution in [0, 0.1) is 0 Å². The molecule has 0 aliphatic carbocycles. The van der Waals surface area contributed by atoms with Crippen LogP contribution in [0.15, 0.2) is 107 Å². The van der Waals surface area contributed by atoms with Crippen LogP contribution in [0.4, 0.5) is 17.1 Å². The summed E-state index contributed by atoms with van der Waals surface area (Å²) in [5, 5.41) is 0. The summed E-state index contributed by atoms with van der Waals surface area (Å²) in [7, 11) is 0. The van der Waals surface area contributed by atoms with Crippen LogP contribution in [0.1, 0.15) is 18.4 Å². The van der Waals surface area contributed by atoms with E-state index in [1.165, 1.54) is 5.56 Å². The minimum atomic E-state index is 1.08. The third-order valence-corrected chi connectivity index (χ3v) is 5.53. The van der Waals surface area contributed by atoms with E-state index in [2.05, 4.69) is 122 Å². The molecule has 28 heavy (non-hydrogen) atoms. The molecule has 3 rings (SSSR count). The standard InChI is InChI=1S/C25H23Br2N/c1-2-3-4-5-6-7-20-8-14-23(15-9-20)28(24-16-10-21(26)11-17-24)25-18-12-22(27)13-19-25/h2-4,8-19H,1,5-7H2/b4-3+. The first kappa shape index (κ1) is 20.6. The molecule has 0 spiro atoms. The molecular weight excluding hydrogens is 474 g/mol. The number of halogens is 2. The van der Waals surface area contributed by atoms with Crippen LogP contribution in [0.3, 0.4) is 0 Å². The Hall–Kier alpha value is -2.10. The average Bonchev–Trinajstić information content (AvgIpc) is 2.72. The van der Waals surface area contributed by atoms with Gasteiger partial charge in [-0.05, 0) is 85.5 Å². The number of hydrogen-bond acceptors (Lipinski definition) is 1. The normalized spacial score (nSPS) is 10.9. The van der Waals surface area contributed by atoms with E-state index in [0.29, 0.717) is 0 Å². The fourth-order valence-corrected chi connectivity index (χ4v) is 3.58. The summed E-state index contributed by atoms with van der Waals surface area (Å²) >= 11 is 7.06. The van der Waals surface area contributed by atoms with E-state index in [0.717, 1.165) is 45.3 Å². The molecule has 0 aliphatic rings. The second-order valence-corrected chi connectivity index (χ2v) is 8.34. The zero-order valence-corrected chi connectivity index (χ0v) is 18.9. The highest BCUT2D eigenvalue weighted by Crippen LogP contribution is 2.35. The van der Waals surface area contributed by atoms with E-state index < -0.39 is 0 Å². The van der Waals surface area contributed by atoms with Crippen LogP contribution >= 0.6 is 31.9 Å². The smallest absolute Gasteiger partial charge is 0.0462 e. The largest absolute Gasteiger partial charge is 0.311 e. The van der Waals surface area contributed by atoms with Gasteiger partial charge >= 0.3 is 0 Å². The lowest BCUT2D eigenvalue weighted by molar-refractivity contribution is 0.843. The lowest BCUT2D eigenvalue weighted by Crippen LogP contribution is -2.09. The number of hydrogen-bond donors (Lipinski definition) is 0. The molecule has 142 valence electrons. The van der Waals surface area contributed by atoms with Crippen molar-refractivity contribution < 1.29 is 0 Å². The Morgan fingerprint density at radius 3 is 1.64 bits per heavy atom. The van der Waals surface area contributed by atoms with Crippen molar-refractivity contribution in [1.29, 1.82) is 0 Å². The Bertz CT molecular complexity index is 865. The van der Waals surface area contributed by atoms with Gasteiger partial charge in [0.1, 0.15) is 0 Å². The lowest BCUT2D eigenvalue weighted by atomic mass is 10.1. The van der Waals surface area contributed by atoms with E-state index >= 15 is 0 Å². The Morgan fingerprint density at radius 2 is 1.18 bits per heavy atom. The van der Waals surface area contributed by atoms with Gasteiger partial charge in [0, 0.05) is 26.0 Å². The Morgan fingerprint density at radius 1 is 0.714 bits per heavy atom. The average molecular weight is 497 g/mol. The maximum atomic E-state index is 3.71. The van der Waals surface area contributed by atoms with E-state index in [1.807, 2.05) is 12.2 Å². The molecule has 0 heterocycles. The van der Waals surface area contributed by atoms with Crippen molar-refractivity contribution >= 4 is 48.9 Å². The molecule has 0 atom stereocenters. The van der Waals surface area contributed by atoms with Crippen molar-refractivity contribution in [2.45, 2.75) is 19.3 Å². The van der Waals surface area contributed by atoms with Gasteiger partial charge in [-0.1, -0.05) is 68.8 Å². The molecule has 3 heteroatoms. The molecule has 1 nitrogen and oxygen atoms in total. The quantitative estimate of drug-likeness (QED) is 0.222. The van der Waals surface area contributed by atoms with Crippen LogP contribution in [0.25, 0.3) is 0 Å². The monoisotopic (exact) mass is 495 g/mol. The van der Waals surface area contributed by atoms with E-state index in [-0.39, 0.29) is 0 Å². The minimum absolute atomic E-state index is 1.08. The van der Waals surface area contributed by atoms with Gasteiger partial charge in [0.05, 0.1) is 0 Å². The minimum Gasteiger partial charge on any atom is -0.311 e. The second kappa shape index (κ2) is 10.4. The first-order valence-corrected chi connectivity index (χ1v) is 10.9. The highest BCUT2D eigenvalue weighted by Gasteiger charge is 2.12. The van der Waals surface area contributed by atoms with Gasteiger partial charge < -0.3 is 4.90 Å². The molecule has 0 aliphatic heterocycles. The second-order valence-electron chi connectivity index (χ2n) is 6.51. The molecule has 0 bridgehead atoms. The number of anilines is 3. The number of allylic oxidation sites excluding steroid dienone is 3. The van der Waals surface area contributed by atoms with Crippen LogP contribution in [-0.4, -0.2) is 0 Å². The number of unbranched alkanes of at least 4 members (excludes halogenated alkanes) is 1. The molecular formula is C25H23Br2N. The number of aryl methyl sites for hydroxylation is 1. The number of nitrogens with zero attached hydrogens (tertiary/aromatic N) is 1. The van der Waals surface area contributed by atoms with E-state index in [4.69, 9.17) is 0 Å². The summed E-state index contributed by atoms with van der Waals surface area (Å²) in [5.74, 6) is 0. The number of benzene rings is 3. The van der Waals surface area contributed by atoms with Gasteiger partial charge in [-0.15, -0.1) is 0 Å². The predicted octanol–water partition coefficient (Wildman–Crippen LogP) is 8.75. The molecule has 0 N–H and O–H groups in total. The van der Waals surface area contributed by atoms with Crippen LogP contribution in [0.2, 0.25) is 0 Å². The van der Waals surface area contributed by atoms with Crippen molar-refractivity contribution in [3.8, 4) is 0 Å². The van der Waals surface area contributed by atoms with Crippen LogP contribution < -0.4 is 4.90 Å². The molecule has 3 aromatic carbocycles. The topological polar surface area (TPSA) is 3.24 Å². The fourth-order valence-electron chi connectivity index (χ4n) is 3.06. The highest BCUT2D eigenvalue weighted by atomic mass is 79.9. The van der Waals surface area contributed by atoms with Crippen molar-refractivity contribution in [2.24, 2.45) is 0 Å². The Balaban J connectivity index is 1.83. The maximum Gasteiger partial charge on any atom is 0.0462 e. The summed E-state index contributed by atoms with van der Waals surface area (Å²) in [5.41, 5.74) is 4.78. The summed E-state index contributed by atoms with van der Waals surface area (Å²) in [6.45, 7) is 3.71. The van der Waals surface area contributed by atoms with Crippen molar-refractivity contribution in [3.63, 3.8) is 0 Å². The van der Waals surface area contributed by atoms with Crippen molar-refractivity contribution in [3.05, 3.63) is 112 Å². The Labute approximate surface area is 184 Å². The lowest BCUT2D eigenvalue weighted by Gasteiger charge is -2.25. The van der Waals surface area contributed by atoms with Gasteiger partial charge in [-0.2, -0.15) is 0 Å².